The Morgan fingerprint density at radius 1 is 1.38 bits per heavy atom. The summed E-state index contributed by atoms with van der Waals surface area (Å²) in [4.78, 5) is 23.1. The monoisotopic (exact) mass is 357 g/mol. The van der Waals surface area contributed by atoms with E-state index in [4.69, 9.17) is 25.9 Å². The number of halogens is 2. The Morgan fingerprint density at radius 3 is 2.54 bits per heavy atom. The van der Waals surface area contributed by atoms with Crippen LogP contribution in [0.3, 0.4) is 0 Å². The summed E-state index contributed by atoms with van der Waals surface area (Å²) in [5.74, 6) is -1.98. The van der Waals surface area contributed by atoms with Gasteiger partial charge in [-0.15, -0.1) is 0 Å². The first-order valence-corrected chi connectivity index (χ1v) is 7.51. The highest BCUT2D eigenvalue weighted by molar-refractivity contribution is 6.36. The van der Waals surface area contributed by atoms with E-state index in [1.165, 1.54) is 0 Å². The lowest BCUT2D eigenvalue weighted by molar-refractivity contribution is 0.0501. The number of hydrogen-bond acceptors (Lipinski definition) is 4. The van der Waals surface area contributed by atoms with Gasteiger partial charge in [-0.3, -0.25) is 0 Å². The highest BCUT2D eigenvalue weighted by atomic mass is 35.5. The minimum absolute atomic E-state index is 0.0376. The lowest BCUT2D eigenvalue weighted by Crippen LogP contribution is -2.33. The maximum Gasteiger partial charge on any atom is 0.408 e. The van der Waals surface area contributed by atoms with Crippen LogP contribution in [0, 0.1) is 5.82 Å². The SMILES string of the molecule is CC(NC(=O)OC(C)(C)C)c1oc2c(C(=O)O)cc(F)cc2c1Cl. The molecule has 1 aromatic heterocycles. The number of furan rings is 1. The molecule has 0 saturated heterocycles. The zero-order valence-corrected chi connectivity index (χ0v) is 14.3. The number of carbonyl (C=O) groups is 2. The summed E-state index contributed by atoms with van der Waals surface area (Å²) in [6.45, 7) is 6.73. The van der Waals surface area contributed by atoms with Gasteiger partial charge < -0.3 is 19.6 Å². The largest absolute Gasteiger partial charge is 0.478 e. The van der Waals surface area contributed by atoms with E-state index in [2.05, 4.69) is 5.32 Å². The molecular weight excluding hydrogens is 341 g/mol. The Bertz CT molecular complexity index is 809. The molecule has 0 saturated carbocycles. The molecule has 2 aromatic rings. The summed E-state index contributed by atoms with van der Waals surface area (Å²) in [5, 5.41) is 11.9. The van der Waals surface area contributed by atoms with Gasteiger partial charge in [0.1, 0.15) is 22.7 Å². The van der Waals surface area contributed by atoms with E-state index in [1.54, 1.807) is 27.7 Å². The van der Waals surface area contributed by atoms with E-state index >= 15 is 0 Å². The zero-order valence-electron chi connectivity index (χ0n) is 13.6. The maximum atomic E-state index is 13.6. The second-order valence-corrected chi connectivity index (χ2v) is 6.66. The van der Waals surface area contributed by atoms with E-state index in [0.717, 1.165) is 12.1 Å². The zero-order chi connectivity index (χ0) is 18.2. The Kier molecular flexibility index (Phi) is 4.75. The number of carbonyl (C=O) groups excluding carboxylic acids is 1. The van der Waals surface area contributed by atoms with Crippen molar-refractivity contribution in [3.63, 3.8) is 0 Å². The number of rotatable bonds is 3. The Labute approximate surface area is 142 Å². The van der Waals surface area contributed by atoms with Crippen molar-refractivity contribution >= 4 is 34.6 Å². The molecule has 8 heteroatoms. The normalized spacial score (nSPS) is 12.9. The molecular formula is C16H17ClFNO5. The quantitative estimate of drug-likeness (QED) is 0.843. The van der Waals surface area contributed by atoms with Crippen LogP contribution in [0.5, 0.6) is 0 Å². The van der Waals surface area contributed by atoms with Crippen LogP contribution in [0.25, 0.3) is 11.0 Å². The number of amides is 1. The van der Waals surface area contributed by atoms with E-state index in [0.29, 0.717) is 0 Å². The molecule has 0 bridgehead atoms. The van der Waals surface area contributed by atoms with Gasteiger partial charge in [0.15, 0.2) is 5.58 Å². The van der Waals surface area contributed by atoms with Crippen molar-refractivity contribution in [3.05, 3.63) is 34.3 Å². The first kappa shape index (κ1) is 18.1. The van der Waals surface area contributed by atoms with Crippen molar-refractivity contribution < 1.29 is 28.2 Å². The van der Waals surface area contributed by atoms with Gasteiger partial charge >= 0.3 is 12.1 Å². The number of benzene rings is 1. The molecule has 1 aromatic carbocycles. The lowest BCUT2D eigenvalue weighted by atomic mass is 10.1. The summed E-state index contributed by atoms with van der Waals surface area (Å²) >= 11 is 6.17. The van der Waals surface area contributed by atoms with Crippen molar-refractivity contribution in [2.24, 2.45) is 0 Å². The van der Waals surface area contributed by atoms with Gasteiger partial charge in [-0.25, -0.2) is 14.0 Å². The fraction of sp³-hybridized carbons (Fsp3) is 0.375. The fourth-order valence-electron chi connectivity index (χ4n) is 2.14. The van der Waals surface area contributed by atoms with Crippen molar-refractivity contribution in [1.82, 2.24) is 5.32 Å². The number of carboxylic acid groups (broad SMARTS) is 1. The first-order valence-electron chi connectivity index (χ1n) is 7.14. The van der Waals surface area contributed by atoms with Crippen LogP contribution >= 0.6 is 11.6 Å². The standard InChI is InChI=1S/C16H17ClFNO5/c1-7(19-15(22)24-16(2,3)4)12-11(17)9-5-8(18)6-10(14(20)21)13(9)23-12/h5-7H,1-4H3,(H,19,22)(H,20,21). The van der Waals surface area contributed by atoms with Crippen LogP contribution in [0.1, 0.15) is 49.9 Å². The predicted octanol–water partition coefficient (Wildman–Crippen LogP) is 4.51. The summed E-state index contributed by atoms with van der Waals surface area (Å²) < 4.78 is 24.2. The summed E-state index contributed by atoms with van der Waals surface area (Å²) in [7, 11) is 0. The molecule has 1 atom stereocenters. The highest BCUT2D eigenvalue weighted by Gasteiger charge is 2.25. The number of nitrogens with one attached hydrogen (secondary N) is 1. The van der Waals surface area contributed by atoms with Gasteiger partial charge in [0, 0.05) is 5.39 Å². The van der Waals surface area contributed by atoms with Gasteiger partial charge in [-0.05, 0) is 39.8 Å². The number of aromatic carboxylic acids is 1. The molecule has 1 unspecified atom stereocenters. The Balaban J connectivity index is 2.39. The third-order valence-corrected chi connectivity index (χ3v) is 3.47. The second kappa shape index (κ2) is 6.32. The number of alkyl carbamates (subject to hydrolysis) is 1. The van der Waals surface area contributed by atoms with E-state index in [1.807, 2.05) is 0 Å². The van der Waals surface area contributed by atoms with Crippen LogP contribution in [0.2, 0.25) is 5.02 Å². The van der Waals surface area contributed by atoms with Gasteiger partial charge in [-0.1, -0.05) is 11.6 Å². The van der Waals surface area contributed by atoms with Gasteiger partial charge in [0.2, 0.25) is 0 Å². The van der Waals surface area contributed by atoms with Crippen LogP contribution in [0.15, 0.2) is 16.5 Å². The smallest absolute Gasteiger partial charge is 0.408 e. The van der Waals surface area contributed by atoms with Gasteiger partial charge in [-0.2, -0.15) is 0 Å². The van der Waals surface area contributed by atoms with Crippen molar-refractivity contribution in [2.75, 3.05) is 0 Å². The maximum absolute atomic E-state index is 13.6. The van der Waals surface area contributed by atoms with Crippen LogP contribution < -0.4 is 5.32 Å². The summed E-state index contributed by atoms with van der Waals surface area (Å²) in [6.07, 6.45) is -0.684. The summed E-state index contributed by atoms with van der Waals surface area (Å²) in [5.41, 5.74) is -1.08. The third kappa shape index (κ3) is 3.79. The molecule has 24 heavy (non-hydrogen) atoms. The highest BCUT2D eigenvalue weighted by Crippen LogP contribution is 2.36. The van der Waals surface area contributed by atoms with Gasteiger partial charge in [0.25, 0.3) is 0 Å². The van der Waals surface area contributed by atoms with Crippen LogP contribution in [-0.4, -0.2) is 22.8 Å². The van der Waals surface area contributed by atoms with Crippen molar-refractivity contribution in [2.45, 2.75) is 39.3 Å². The van der Waals surface area contributed by atoms with Crippen molar-refractivity contribution in [3.8, 4) is 0 Å². The molecule has 2 rings (SSSR count). The molecule has 0 radical (unpaired) electrons. The predicted molar refractivity (Wildman–Crippen MR) is 85.9 cm³/mol. The molecule has 6 nitrogen and oxygen atoms in total. The molecule has 0 spiro atoms. The van der Waals surface area contributed by atoms with Crippen LogP contribution in [-0.2, 0) is 4.74 Å². The van der Waals surface area contributed by atoms with E-state index in [-0.39, 0.29) is 27.3 Å². The molecule has 1 amide bonds. The molecule has 130 valence electrons. The summed E-state index contributed by atoms with van der Waals surface area (Å²) in [6, 6.07) is 1.22. The minimum atomic E-state index is -1.34. The third-order valence-electron chi connectivity index (χ3n) is 3.08. The number of ether oxygens (including phenoxy) is 1. The van der Waals surface area contributed by atoms with E-state index < -0.39 is 29.5 Å². The lowest BCUT2D eigenvalue weighted by Gasteiger charge is -2.21. The molecule has 0 aliphatic heterocycles. The minimum Gasteiger partial charge on any atom is -0.478 e. The van der Waals surface area contributed by atoms with Crippen LogP contribution in [0.4, 0.5) is 9.18 Å². The molecule has 0 aliphatic rings. The average molecular weight is 358 g/mol. The fourth-order valence-corrected chi connectivity index (χ4v) is 2.48. The van der Waals surface area contributed by atoms with Gasteiger partial charge in [0.05, 0.1) is 11.1 Å². The second-order valence-electron chi connectivity index (χ2n) is 6.28. The topological polar surface area (TPSA) is 88.8 Å². The van der Waals surface area contributed by atoms with E-state index in [9.17, 15) is 14.0 Å². The Hall–Kier alpha value is -2.28. The first-order chi connectivity index (χ1) is 11.0. The Morgan fingerprint density at radius 2 is 2.00 bits per heavy atom. The van der Waals surface area contributed by atoms with Crippen molar-refractivity contribution in [1.29, 1.82) is 0 Å². The molecule has 1 heterocycles. The number of carboxylic acids is 1. The molecule has 0 fully saturated rings. The molecule has 0 aliphatic carbocycles. The average Bonchev–Trinajstić information content (AvgIpc) is 2.73. The molecule has 2 N–H and O–H groups in total. The number of fused-ring (bicyclic) bond motifs is 1. The number of hydrogen-bond donors (Lipinski definition) is 2.